The fourth-order valence-corrected chi connectivity index (χ4v) is 8.70. The summed E-state index contributed by atoms with van der Waals surface area (Å²) in [4.78, 5) is 35.6. The number of phosphoric acid groups is 1. The fraction of sp³-hybridized carbons (Fsp3) is 0.962. The Bertz CT molecular complexity index is 1020. The summed E-state index contributed by atoms with van der Waals surface area (Å²) in [6, 6.07) is 0. The van der Waals surface area contributed by atoms with Crippen LogP contribution < -0.4 is 0 Å². The number of hydrogen-bond donors (Lipinski definition) is 1. The lowest BCUT2D eigenvalue weighted by Crippen LogP contribution is -2.37. The Morgan fingerprint density at radius 2 is 0.726 bits per heavy atom. The van der Waals surface area contributed by atoms with Crippen molar-refractivity contribution in [1.82, 2.24) is 0 Å². The molecule has 0 aromatic carbocycles. The van der Waals surface area contributed by atoms with Gasteiger partial charge in [-0.1, -0.05) is 245 Å². The molecule has 9 nitrogen and oxygen atoms in total. The van der Waals surface area contributed by atoms with Crippen LogP contribution in [0.3, 0.4) is 0 Å². The molecular weight excluding hydrogens is 798 g/mol. The summed E-state index contributed by atoms with van der Waals surface area (Å²) in [5.74, 6) is -0.776. The van der Waals surface area contributed by atoms with Crippen LogP contribution in [0.15, 0.2) is 0 Å². The first-order valence-electron chi connectivity index (χ1n) is 26.8. The van der Waals surface area contributed by atoms with Crippen LogP contribution in [0.5, 0.6) is 0 Å². The zero-order valence-corrected chi connectivity index (χ0v) is 42.8. The minimum Gasteiger partial charge on any atom is -0.462 e. The van der Waals surface area contributed by atoms with E-state index in [-0.39, 0.29) is 25.6 Å². The lowest BCUT2D eigenvalue weighted by molar-refractivity contribution is -0.870. The van der Waals surface area contributed by atoms with Crippen LogP contribution >= 0.6 is 7.82 Å². The Labute approximate surface area is 384 Å². The largest absolute Gasteiger partial charge is 0.472 e. The highest BCUT2D eigenvalue weighted by Gasteiger charge is 2.27. The molecule has 1 N–H and O–H groups in total. The fourth-order valence-electron chi connectivity index (χ4n) is 7.96. The van der Waals surface area contributed by atoms with Gasteiger partial charge in [0.15, 0.2) is 6.10 Å². The second-order valence-electron chi connectivity index (χ2n) is 19.6. The third kappa shape index (κ3) is 48.5. The van der Waals surface area contributed by atoms with E-state index in [2.05, 4.69) is 13.8 Å². The van der Waals surface area contributed by atoms with Gasteiger partial charge in [0.2, 0.25) is 0 Å². The van der Waals surface area contributed by atoms with Gasteiger partial charge in [-0.3, -0.25) is 18.6 Å². The Morgan fingerprint density at radius 3 is 1.03 bits per heavy atom. The topological polar surface area (TPSA) is 108 Å². The van der Waals surface area contributed by atoms with E-state index in [1.807, 2.05) is 21.1 Å². The number of ether oxygens (including phenoxy) is 2. The van der Waals surface area contributed by atoms with E-state index >= 15 is 0 Å². The van der Waals surface area contributed by atoms with Crippen molar-refractivity contribution in [3.05, 3.63) is 0 Å². The standard InChI is InChI=1S/C52H104NO8P/c1-6-8-10-12-14-16-18-20-22-24-26-27-29-30-32-34-36-38-40-42-44-51(54)58-48-50(49-60-62(56,57)59-47-46-53(3,4)5)61-52(55)45-43-41-39-37-35-33-31-28-25-23-21-19-17-15-13-11-9-7-2/h50H,6-49H2,1-5H3/p+1/t50-/m1/s1. The number of hydrogen-bond acceptors (Lipinski definition) is 7. The number of carbonyl (C=O) groups is 2. The predicted octanol–water partition coefficient (Wildman–Crippen LogP) is 15.9. The van der Waals surface area contributed by atoms with Gasteiger partial charge in [-0.2, -0.15) is 0 Å². The molecule has 0 aliphatic rings. The van der Waals surface area contributed by atoms with Crippen LogP contribution in [0.1, 0.15) is 271 Å². The van der Waals surface area contributed by atoms with Crippen molar-refractivity contribution in [2.45, 2.75) is 277 Å². The summed E-state index contributed by atoms with van der Waals surface area (Å²) >= 11 is 0. The van der Waals surface area contributed by atoms with E-state index in [0.29, 0.717) is 17.4 Å². The Balaban J connectivity index is 4.17. The summed E-state index contributed by atoms with van der Waals surface area (Å²) in [5, 5.41) is 0. The molecule has 0 rings (SSSR count). The van der Waals surface area contributed by atoms with Crippen molar-refractivity contribution in [2.75, 3.05) is 47.5 Å². The molecule has 0 amide bonds. The Hall–Kier alpha value is -0.990. The maximum atomic E-state index is 12.8. The molecule has 0 saturated carbocycles. The third-order valence-corrected chi connectivity index (χ3v) is 13.1. The van der Waals surface area contributed by atoms with Crippen molar-refractivity contribution in [3.63, 3.8) is 0 Å². The molecule has 0 aromatic rings. The molecule has 10 heteroatoms. The first kappa shape index (κ1) is 61.0. The number of rotatable bonds is 50. The summed E-state index contributed by atoms with van der Waals surface area (Å²) in [6.07, 6.45) is 48.7. The van der Waals surface area contributed by atoms with E-state index in [1.54, 1.807) is 0 Å². The second kappa shape index (κ2) is 45.2. The van der Waals surface area contributed by atoms with Gasteiger partial charge < -0.3 is 18.9 Å². The quantitative estimate of drug-likeness (QED) is 0.0278. The molecule has 0 aliphatic heterocycles. The van der Waals surface area contributed by atoms with Crippen molar-refractivity contribution in [1.29, 1.82) is 0 Å². The Kier molecular flexibility index (Phi) is 44.5. The monoisotopic (exact) mass is 903 g/mol. The van der Waals surface area contributed by atoms with Crippen LogP contribution in [-0.2, 0) is 32.7 Å². The number of unbranched alkanes of at least 4 members (excludes halogenated alkanes) is 36. The summed E-state index contributed by atoms with van der Waals surface area (Å²) < 4.78 is 34.5. The Morgan fingerprint density at radius 1 is 0.435 bits per heavy atom. The second-order valence-corrected chi connectivity index (χ2v) is 21.1. The molecular formula is C52H105NO8P+. The average Bonchev–Trinajstić information content (AvgIpc) is 3.23. The SMILES string of the molecule is CCCCCCCCCCCCCCCCCCCCCCC(=O)OC[C@H](COP(=O)(O)OCC[N+](C)(C)C)OC(=O)CCCCCCCCCCCCCCCCCCCC. The van der Waals surface area contributed by atoms with Crippen LogP contribution in [-0.4, -0.2) is 74.9 Å². The van der Waals surface area contributed by atoms with Crippen molar-refractivity contribution in [2.24, 2.45) is 0 Å². The predicted molar refractivity (Wildman–Crippen MR) is 261 cm³/mol. The van der Waals surface area contributed by atoms with E-state index in [4.69, 9.17) is 18.5 Å². The van der Waals surface area contributed by atoms with E-state index < -0.39 is 26.5 Å². The summed E-state index contributed by atoms with van der Waals surface area (Å²) in [6.45, 7) is 4.50. The number of quaternary nitrogens is 1. The van der Waals surface area contributed by atoms with Gasteiger partial charge in [-0.15, -0.1) is 0 Å². The van der Waals surface area contributed by atoms with Gasteiger partial charge in [0.25, 0.3) is 0 Å². The molecule has 0 fully saturated rings. The molecule has 0 radical (unpaired) electrons. The zero-order valence-electron chi connectivity index (χ0n) is 41.9. The molecule has 1 unspecified atom stereocenters. The number of nitrogens with zero attached hydrogens (tertiary/aromatic N) is 1. The minimum atomic E-state index is -4.37. The molecule has 0 aliphatic carbocycles. The number of esters is 2. The molecule has 0 saturated heterocycles. The van der Waals surface area contributed by atoms with E-state index in [0.717, 1.165) is 38.5 Å². The van der Waals surface area contributed by atoms with Crippen molar-refractivity contribution in [3.8, 4) is 0 Å². The number of phosphoric ester groups is 1. The molecule has 0 heterocycles. The first-order valence-corrected chi connectivity index (χ1v) is 28.3. The number of carbonyl (C=O) groups excluding carboxylic acids is 2. The highest BCUT2D eigenvalue weighted by molar-refractivity contribution is 7.47. The highest BCUT2D eigenvalue weighted by Crippen LogP contribution is 2.43. The normalized spacial score (nSPS) is 13.3. The first-order chi connectivity index (χ1) is 30.0. The van der Waals surface area contributed by atoms with Crippen molar-refractivity contribution >= 4 is 19.8 Å². The van der Waals surface area contributed by atoms with E-state index in [1.165, 1.54) is 205 Å². The molecule has 370 valence electrons. The van der Waals surface area contributed by atoms with Crippen molar-refractivity contribution < 1.29 is 42.1 Å². The third-order valence-electron chi connectivity index (χ3n) is 12.1. The molecule has 0 bridgehead atoms. The van der Waals surface area contributed by atoms with Gasteiger partial charge in [0, 0.05) is 12.8 Å². The van der Waals surface area contributed by atoms with Gasteiger partial charge in [-0.25, -0.2) is 4.57 Å². The molecule has 0 aromatic heterocycles. The lowest BCUT2D eigenvalue weighted by Gasteiger charge is -2.24. The number of likely N-dealkylation sites (N-methyl/N-ethyl adjacent to an activating group) is 1. The summed E-state index contributed by atoms with van der Waals surface area (Å²) in [7, 11) is 1.50. The van der Waals surface area contributed by atoms with Gasteiger partial charge in [-0.05, 0) is 12.8 Å². The van der Waals surface area contributed by atoms with Crippen LogP contribution in [0, 0.1) is 0 Å². The molecule has 0 spiro atoms. The van der Waals surface area contributed by atoms with Crippen LogP contribution in [0.25, 0.3) is 0 Å². The maximum Gasteiger partial charge on any atom is 0.472 e. The maximum absolute atomic E-state index is 12.8. The van der Waals surface area contributed by atoms with Gasteiger partial charge in [0.1, 0.15) is 19.8 Å². The van der Waals surface area contributed by atoms with Gasteiger partial charge in [0.05, 0.1) is 27.7 Å². The average molecular weight is 903 g/mol. The summed E-state index contributed by atoms with van der Waals surface area (Å²) in [5.41, 5.74) is 0. The van der Waals surface area contributed by atoms with Gasteiger partial charge >= 0.3 is 19.8 Å². The van der Waals surface area contributed by atoms with Crippen LogP contribution in [0.4, 0.5) is 0 Å². The molecule has 62 heavy (non-hydrogen) atoms. The van der Waals surface area contributed by atoms with E-state index in [9.17, 15) is 19.0 Å². The molecule has 2 atom stereocenters. The van der Waals surface area contributed by atoms with Crippen LogP contribution in [0.2, 0.25) is 0 Å². The zero-order chi connectivity index (χ0) is 45.7. The minimum absolute atomic E-state index is 0.0373. The smallest absolute Gasteiger partial charge is 0.462 e. The highest BCUT2D eigenvalue weighted by atomic mass is 31.2. The lowest BCUT2D eigenvalue weighted by atomic mass is 10.0.